The van der Waals surface area contributed by atoms with E-state index in [4.69, 9.17) is 12.2 Å². The molecule has 0 unspecified atom stereocenters. The van der Waals surface area contributed by atoms with Crippen LogP contribution in [0.1, 0.15) is 24.4 Å². The van der Waals surface area contributed by atoms with Gasteiger partial charge in [-0.1, -0.05) is 42.5 Å². The summed E-state index contributed by atoms with van der Waals surface area (Å²) >= 11 is 5.08. The SMILES string of the molecule is S=C1CC[C@@H](c2ccccc2)N1. The predicted molar refractivity (Wildman–Crippen MR) is 54.2 cm³/mol. The lowest BCUT2D eigenvalue weighted by molar-refractivity contribution is 0.675. The summed E-state index contributed by atoms with van der Waals surface area (Å²) in [6, 6.07) is 10.9. The number of thiocarbonyl (C=S) groups is 1. The van der Waals surface area contributed by atoms with Gasteiger partial charge in [-0.3, -0.25) is 0 Å². The van der Waals surface area contributed by atoms with E-state index in [2.05, 4.69) is 29.6 Å². The van der Waals surface area contributed by atoms with Gasteiger partial charge in [0.05, 0.1) is 11.0 Å². The fourth-order valence-corrected chi connectivity index (χ4v) is 1.81. The summed E-state index contributed by atoms with van der Waals surface area (Å²) in [6.07, 6.45) is 2.18. The Hall–Kier alpha value is -0.890. The maximum atomic E-state index is 5.08. The number of hydrogen-bond donors (Lipinski definition) is 1. The zero-order valence-corrected chi connectivity index (χ0v) is 7.60. The normalized spacial score (nSPS) is 22.3. The van der Waals surface area contributed by atoms with E-state index < -0.39 is 0 Å². The summed E-state index contributed by atoms with van der Waals surface area (Å²) in [5, 5.41) is 3.30. The Balaban J connectivity index is 2.16. The monoisotopic (exact) mass is 177 g/mol. The summed E-state index contributed by atoms with van der Waals surface area (Å²) in [5.74, 6) is 0. The molecule has 12 heavy (non-hydrogen) atoms. The minimum absolute atomic E-state index is 0.457. The van der Waals surface area contributed by atoms with Crippen LogP contribution in [0.5, 0.6) is 0 Å². The molecule has 1 saturated heterocycles. The Labute approximate surface area is 77.8 Å². The molecule has 0 amide bonds. The highest BCUT2D eigenvalue weighted by Gasteiger charge is 2.18. The van der Waals surface area contributed by atoms with Gasteiger partial charge in [-0.25, -0.2) is 0 Å². The van der Waals surface area contributed by atoms with Crippen molar-refractivity contribution in [2.45, 2.75) is 18.9 Å². The summed E-state index contributed by atoms with van der Waals surface area (Å²) in [7, 11) is 0. The van der Waals surface area contributed by atoms with E-state index in [-0.39, 0.29) is 0 Å². The Morgan fingerprint density at radius 3 is 2.58 bits per heavy atom. The van der Waals surface area contributed by atoms with Gasteiger partial charge in [-0.2, -0.15) is 0 Å². The Morgan fingerprint density at radius 1 is 1.25 bits per heavy atom. The van der Waals surface area contributed by atoms with Gasteiger partial charge >= 0.3 is 0 Å². The highest BCUT2D eigenvalue weighted by atomic mass is 32.1. The second-order valence-electron chi connectivity index (χ2n) is 3.07. The zero-order chi connectivity index (χ0) is 8.39. The quantitative estimate of drug-likeness (QED) is 0.661. The van der Waals surface area contributed by atoms with Gasteiger partial charge in [0.15, 0.2) is 0 Å². The van der Waals surface area contributed by atoms with Crippen molar-refractivity contribution in [3.05, 3.63) is 35.9 Å². The fourth-order valence-electron chi connectivity index (χ4n) is 1.55. The van der Waals surface area contributed by atoms with Crippen LogP contribution in [-0.4, -0.2) is 4.99 Å². The molecule has 1 aromatic carbocycles. The van der Waals surface area contributed by atoms with Crippen molar-refractivity contribution < 1.29 is 0 Å². The lowest BCUT2D eigenvalue weighted by Crippen LogP contribution is -2.16. The van der Waals surface area contributed by atoms with Gasteiger partial charge < -0.3 is 5.32 Å². The van der Waals surface area contributed by atoms with Crippen molar-refractivity contribution >= 4 is 17.2 Å². The first-order chi connectivity index (χ1) is 5.86. The average Bonchev–Trinajstić information content (AvgIpc) is 2.54. The maximum Gasteiger partial charge on any atom is 0.0759 e. The van der Waals surface area contributed by atoms with E-state index in [9.17, 15) is 0 Å². The molecule has 0 spiro atoms. The third-order valence-corrected chi connectivity index (χ3v) is 2.52. The molecule has 1 N–H and O–H groups in total. The molecule has 1 atom stereocenters. The van der Waals surface area contributed by atoms with Crippen LogP contribution in [-0.2, 0) is 0 Å². The van der Waals surface area contributed by atoms with Crippen molar-refractivity contribution in [1.82, 2.24) is 5.32 Å². The van der Waals surface area contributed by atoms with Gasteiger partial charge in [0, 0.05) is 0 Å². The molecule has 2 heteroatoms. The molecule has 1 nitrogen and oxygen atoms in total. The molecule has 0 radical (unpaired) electrons. The number of nitrogens with one attached hydrogen (secondary N) is 1. The molecule has 0 aliphatic carbocycles. The first-order valence-electron chi connectivity index (χ1n) is 4.20. The molecule has 0 aromatic heterocycles. The maximum absolute atomic E-state index is 5.08. The van der Waals surface area contributed by atoms with E-state index in [1.165, 1.54) is 5.56 Å². The Kier molecular flexibility index (Phi) is 2.09. The summed E-state index contributed by atoms with van der Waals surface area (Å²) in [6.45, 7) is 0. The van der Waals surface area contributed by atoms with Crippen molar-refractivity contribution in [3.8, 4) is 0 Å². The fraction of sp³-hybridized carbons (Fsp3) is 0.300. The average molecular weight is 177 g/mol. The van der Waals surface area contributed by atoms with Crippen LogP contribution in [0.3, 0.4) is 0 Å². The summed E-state index contributed by atoms with van der Waals surface area (Å²) in [4.78, 5) is 1.00. The van der Waals surface area contributed by atoms with Crippen LogP contribution >= 0.6 is 12.2 Å². The molecule has 0 bridgehead atoms. The molecular weight excluding hydrogens is 166 g/mol. The molecule has 1 aliphatic heterocycles. The molecule has 2 rings (SSSR count). The first kappa shape index (κ1) is 7.74. The van der Waals surface area contributed by atoms with Gasteiger partial charge in [0.2, 0.25) is 0 Å². The van der Waals surface area contributed by atoms with Gasteiger partial charge in [0.1, 0.15) is 0 Å². The minimum atomic E-state index is 0.457. The lowest BCUT2D eigenvalue weighted by atomic mass is 10.1. The van der Waals surface area contributed by atoms with Gasteiger partial charge in [-0.05, 0) is 18.4 Å². The third kappa shape index (κ3) is 1.48. The zero-order valence-electron chi connectivity index (χ0n) is 6.79. The molecule has 1 fully saturated rings. The van der Waals surface area contributed by atoms with Gasteiger partial charge in [-0.15, -0.1) is 0 Å². The van der Waals surface area contributed by atoms with E-state index in [0.717, 1.165) is 17.8 Å². The Morgan fingerprint density at radius 2 is 2.00 bits per heavy atom. The van der Waals surface area contributed by atoms with Crippen LogP contribution in [0.15, 0.2) is 30.3 Å². The minimum Gasteiger partial charge on any atom is -0.373 e. The van der Waals surface area contributed by atoms with Crippen LogP contribution in [0, 0.1) is 0 Å². The lowest BCUT2D eigenvalue weighted by Gasteiger charge is -2.09. The van der Waals surface area contributed by atoms with Crippen LogP contribution < -0.4 is 5.32 Å². The summed E-state index contributed by atoms with van der Waals surface area (Å²) in [5.41, 5.74) is 1.34. The highest BCUT2D eigenvalue weighted by Crippen LogP contribution is 2.23. The van der Waals surface area contributed by atoms with Crippen molar-refractivity contribution in [3.63, 3.8) is 0 Å². The number of benzene rings is 1. The van der Waals surface area contributed by atoms with Crippen molar-refractivity contribution in [1.29, 1.82) is 0 Å². The van der Waals surface area contributed by atoms with Gasteiger partial charge in [0.25, 0.3) is 0 Å². The van der Waals surface area contributed by atoms with Crippen LogP contribution in [0.2, 0.25) is 0 Å². The largest absolute Gasteiger partial charge is 0.373 e. The predicted octanol–water partition coefficient (Wildman–Crippen LogP) is 2.44. The molecule has 1 heterocycles. The molecular formula is C10H11NS. The molecule has 0 saturated carbocycles. The second-order valence-corrected chi connectivity index (χ2v) is 3.56. The van der Waals surface area contributed by atoms with Crippen LogP contribution in [0.4, 0.5) is 0 Å². The number of hydrogen-bond acceptors (Lipinski definition) is 1. The Bertz CT molecular complexity index is 281. The number of rotatable bonds is 1. The smallest absolute Gasteiger partial charge is 0.0759 e. The van der Waals surface area contributed by atoms with Crippen LogP contribution in [0.25, 0.3) is 0 Å². The molecule has 1 aliphatic rings. The van der Waals surface area contributed by atoms with E-state index >= 15 is 0 Å². The molecule has 62 valence electrons. The van der Waals surface area contributed by atoms with E-state index in [1.807, 2.05) is 6.07 Å². The third-order valence-electron chi connectivity index (χ3n) is 2.20. The first-order valence-corrected chi connectivity index (χ1v) is 4.61. The van der Waals surface area contributed by atoms with Crippen molar-refractivity contribution in [2.75, 3.05) is 0 Å². The summed E-state index contributed by atoms with van der Waals surface area (Å²) < 4.78 is 0. The second kappa shape index (κ2) is 3.23. The standard InChI is InChI=1S/C10H11NS/c12-10-7-6-9(11-10)8-4-2-1-3-5-8/h1-5,9H,6-7H2,(H,11,12)/t9-/m0/s1. The molecule has 1 aromatic rings. The van der Waals surface area contributed by atoms with E-state index in [1.54, 1.807) is 0 Å². The van der Waals surface area contributed by atoms with Crippen molar-refractivity contribution in [2.24, 2.45) is 0 Å². The van der Waals surface area contributed by atoms with E-state index in [0.29, 0.717) is 6.04 Å². The highest BCUT2D eigenvalue weighted by molar-refractivity contribution is 7.80. The topological polar surface area (TPSA) is 12.0 Å².